The molecule has 0 amide bonds. The molecule has 32 heavy (non-hydrogen) atoms. The first-order valence-electron chi connectivity index (χ1n) is 10.8. The number of pyridine rings is 1. The Hall–Kier alpha value is -3.70. The van der Waals surface area contributed by atoms with E-state index in [-0.39, 0.29) is 6.04 Å². The molecule has 5 rings (SSSR count). The second-order valence-corrected chi connectivity index (χ2v) is 8.16. The molecule has 5 aromatic rings. The summed E-state index contributed by atoms with van der Waals surface area (Å²) in [5.41, 5.74) is 7.45. The summed E-state index contributed by atoms with van der Waals surface area (Å²) in [7, 11) is 1.68. The van der Waals surface area contributed by atoms with Crippen LogP contribution in [0.25, 0.3) is 33.2 Å². The maximum Gasteiger partial charge on any atom is 0.124 e. The number of hydrogen-bond donors (Lipinski definition) is 2. The smallest absolute Gasteiger partial charge is 0.124 e. The Morgan fingerprint density at radius 3 is 2.53 bits per heavy atom. The van der Waals surface area contributed by atoms with Crippen molar-refractivity contribution in [1.82, 2.24) is 20.3 Å². The zero-order valence-electron chi connectivity index (χ0n) is 18.5. The third kappa shape index (κ3) is 3.95. The van der Waals surface area contributed by atoms with Crippen molar-refractivity contribution < 1.29 is 4.74 Å². The average Bonchev–Trinajstić information content (AvgIpc) is 3.26. The van der Waals surface area contributed by atoms with Crippen molar-refractivity contribution in [2.45, 2.75) is 26.4 Å². The number of imidazole rings is 1. The van der Waals surface area contributed by atoms with E-state index >= 15 is 0 Å². The van der Waals surface area contributed by atoms with E-state index in [1.807, 2.05) is 30.3 Å². The Morgan fingerprint density at radius 2 is 1.75 bits per heavy atom. The van der Waals surface area contributed by atoms with E-state index in [4.69, 9.17) is 14.7 Å². The summed E-state index contributed by atoms with van der Waals surface area (Å²) < 4.78 is 5.33. The molecule has 0 aliphatic carbocycles. The van der Waals surface area contributed by atoms with Gasteiger partial charge in [0.15, 0.2) is 0 Å². The van der Waals surface area contributed by atoms with E-state index in [9.17, 15) is 0 Å². The van der Waals surface area contributed by atoms with Gasteiger partial charge < -0.3 is 15.0 Å². The predicted octanol–water partition coefficient (Wildman–Crippen LogP) is 5.95. The first-order chi connectivity index (χ1) is 15.6. The van der Waals surface area contributed by atoms with Gasteiger partial charge in [0.2, 0.25) is 0 Å². The summed E-state index contributed by atoms with van der Waals surface area (Å²) in [4.78, 5) is 13.2. The number of rotatable bonds is 6. The SMILES string of the molecule is COc1ccc(-c2nc3cc(C)ccc3cc2CN[C@@H](C)c2nc3ccccc3[nH]2)cc1. The van der Waals surface area contributed by atoms with Crippen molar-refractivity contribution in [3.8, 4) is 17.0 Å². The molecule has 0 bridgehead atoms. The topological polar surface area (TPSA) is 62.8 Å². The van der Waals surface area contributed by atoms with E-state index in [1.54, 1.807) is 7.11 Å². The minimum absolute atomic E-state index is 0.0693. The molecule has 2 aromatic heterocycles. The lowest BCUT2D eigenvalue weighted by molar-refractivity contribution is 0.415. The van der Waals surface area contributed by atoms with Crippen molar-refractivity contribution in [2.75, 3.05) is 7.11 Å². The van der Waals surface area contributed by atoms with Crippen LogP contribution in [0.5, 0.6) is 5.75 Å². The van der Waals surface area contributed by atoms with E-state index in [1.165, 1.54) is 5.56 Å². The van der Waals surface area contributed by atoms with Crippen LogP contribution in [-0.4, -0.2) is 22.1 Å². The molecule has 5 heteroatoms. The molecule has 0 spiro atoms. The van der Waals surface area contributed by atoms with Gasteiger partial charge in [0.1, 0.15) is 11.6 Å². The second-order valence-electron chi connectivity index (χ2n) is 8.16. The van der Waals surface area contributed by atoms with Crippen LogP contribution in [0.2, 0.25) is 0 Å². The van der Waals surface area contributed by atoms with Crippen LogP contribution in [0.3, 0.4) is 0 Å². The number of aromatic nitrogens is 3. The minimum atomic E-state index is 0.0693. The Balaban J connectivity index is 1.48. The molecule has 0 radical (unpaired) electrons. The molecule has 5 nitrogen and oxygen atoms in total. The lowest BCUT2D eigenvalue weighted by atomic mass is 10.0. The lowest BCUT2D eigenvalue weighted by Crippen LogP contribution is -2.20. The number of nitrogens with one attached hydrogen (secondary N) is 2. The van der Waals surface area contributed by atoms with Gasteiger partial charge in [0.05, 0.1) is 35.4 Å². The van der Waals surface area contributed by atoms with Crippen LogP contribution >= 0.6 is 0 Å². The molecule has 3 aromatic carbocycles. The van der Waals surface area contributed by atoms with Crippen LogP contribution in [0.4, 0.5) is 0 Å². The summed E-state index contributed by atoms with van der Waals surface area (Å²) in [5, 5.41) is 4.77. The fourth-order valence-electron chi connectivity index (χ4n) is 3.99. The Bertz CT molecular complexity index is 1360. The van der Waals surface area contributed by atoms with Gasteiger partial charge in [-0.05, 0) is 73.5 Å². The first-order valence-corrected chi connectivity index (χ1v) is 10.8. The number of benzene rings is 3. The third-order valence-electron chi connectivity index (χ3n) is 5.83. The maximum atomic E-state index is 5.33. The van der Waals surface area contributed by atoms with Crippen LogP contribution in [0.1, 0.15) is 29.9 Å². The highest BCUT2D eigenvalue weighted by atomic mass is 16.5. The summed E-state index contributed by atoms with van der Waals surface area (Å²) in [6.45, 7) is 4.90. The van der Waals surface area contributed by atoms with Gasteiger partial charge >= 0.3 is 0 Å². The first kappa shape index (κ1) is 20.2. The number of nitrogens with zero attached hydrogens (tertiary/aromatic N) is 2. The van der Waals surface area contributed by atoms with Gasteiger partial charge in [-0.2, -0.15) is 0 Å². The molecule has 0 aliphatic heterocycles. The molecule has 0 fully saturated rings. The van der Waals surface area contributed by atoms with Crippen LogP contribution in [-0.2, 0) is 6.54 Å². The van der Waals surface area contributed by atoms with E-state index in [0.29, 0.717) is 6.54 Å². The van der Waals surface area contributed by atoms with Crippen molar-refractivity contribution in [1.29, 1.82) is 0 Å². The molecule has 0 unspecified atom stereocenters. The number of para-hydroxylation sites is 2. The van der Waals surface area contributed by atoms with E-state index in [2.05, 4.69) is 66.6 Å². The van der Waals surface area contributed by atoms with Gasteiger partial charge in [-0.3, -0.25) is 0 Å². The van der Waals surface area contributed by atoms with Gasteiger partial charge in [-0.25, -0.2) is 9.97 Å². The summed E-state index contributed by atoms with van der Waals surface area (Å²) in [6.07, 6.45) is 0. The van der Waals surface area contributed by atoms with Gasteiger partial charge in [0, 0.05) is 17.5 Å². The standard InChI is InChI=1S/C27H26N4O/c1-17-8-9-20-15-21(16-28-18(2)27-30-23-6-4-5-7-24(23)31-27)26(29-25(20)14-17)19-10-12-22(32-3)13-11-19/h4-15,18,28H,16H2,1-3H3,(H,30,31)/t18-/m0/s1. The Morgan fingerprint density at radius 1 is 0.938 bits per heavy atom. The number of methoxy groups -OCH3 is 1. The van der Waals surface area contributed by atoms with Gasteiger partial charge in [-0.15, -0.1) is 0 Å². The van der Waals surface area contributed by atoms with Crippen LogP contribution in [0.15, 0.2) is 72.8 Å². The highest BCUT2D eigenvalue weighted by Crippen LogP contribution is 2.28. The molecule has 1 atom stereocenters. The maximum absolute atomic E-state index is 5.33. The molecular weight excluding hydrogens is 396 g/mol. The summed E-state index contributed by atoms with van der Waals surface area (Å²) >= 11 is 0. The van der Waals surface area contributed by atoms with Gasteiger partial charge in [-0.1, -0.05) is 24.3 Å². The quantitative estimate of drug-likeness (QED) is 0.355. The van der Waals surface area contributed by atoms with E-state index in [0.717, 1.165) is 50.3 Å². The molecule has 2 heterocycles. The van der Waals surface area contributed by atoms with Crippen molar-refractivity contribution in [3.63, 3.8) is 0 Å². The summed E-state index contributed by atoms with van der Waals surface area (Å²) in [5.74, 6) is 1.77. The number of H-pyrrole nitrogens is 1. The monoisotopic (exact) mass is 422 g/mol. The molecule has 0 aliphatic rings. The van der Waals surface area contributed by atoms with Crippen LogP contribution < -0.4 is 10.1 Å². The van der Waals surface area contributed by atoms with E-state index < -0.39 is 0 Å². The second kappa shape index (κ2) is 8.44. The molecule has 0 saturated heterocycles. The largest absolute Gasteiger partial charge is 0.497 e. The number of ether oxygens (including phenoxy) is 1. The van der Waals surface area contributed by atoms with Crippen molar-refractivity contribution >= 4 is 21.9 Å². The molecule has 160 valence electrons. The van der Waals surface area contributed by atoms with Gasteiger partial charge in [0.25, 0.3) is 0 Å². The predicted molar refractivity (Wildman–Crippen MR) is 130 cm³/mol. The fourth-order valence-corrected chi connectivity index (χ4v) is 3.99. The average molecular weight is 423 g/mol. The van der Waals surface area contributed by atoms with Crippen molar-refractivity contribution in [3.05, 3.63) is 89.7 Å². The molecular formula is C27H26N4O. The minimum Gasteiger partial charge on any atom is -0.497 e. The number of aromatic amines is 1. The Labute approximate surface area is 187 Å². The number of hydrogen-bond acceptors (Lipinski definition) is 4. The molecule has 0 saturated carbocycles. The number of fused-ring (bicyclic) bond motifs is 2. The lowest BCUT2D eigenvalue weighted by Gasteiger charge is -2.15. The highest BCUT2D eigenvalue weighted by Gasteiger charge is 2.14. The summed E-state index contributed by atoms with van der Waals surface area (Å²) in [6, 6.07) is 24.9. The zero-order chi connectivity index (χ0) is 22.1. The van der Waals surface area contributed by atoms with Crippen molar-refractivity contribution in [2.24, 2.45) is 0 Å². The highest BCUT2D eigenvalue weighted by molar-refractivity contribution is 5.84. The zero-order valence-corrected chi connectivity index (χ0v) is 18.5. The Kier molecular flexibility index (Phi) is 5.33. The van der Waals surface area contributed by atoms with Crippen LogP contribution in [0, 0.1) is 6.92 Å². The fraction of sp³-hybridized carbons (Fsp3) is 0.185. The number of aryl methyl sites for hydroxylation is 1. The normalized spacial score (nSPS) is 12.3. The molecule has 2 N–H and O–H groups in total. The third-order valence-corrected chi connectivity index (χ3v) is 5.83.